The fourth-order valence-electron chi connectivity index (χ4n) is 1.15. The van der Waals surface area contributed by atoms with Crippen LogP contribution in [0.15, 0.2) is 18.2 Å². The Morgan fingerprint density at radius 1 is 1.35 bits per heavy atom. The Balaban J connectivity index is 3.11. The van der Waals surface area contributed by atoms with Crippen LogP contribution in [-0.2, 0) is 20.4 Å². The lowest BCUT2D eigenvalue weighted by molar-refractivity contribution is -0.136. The fourth-order valence-corrected chi connectivity index (χ4v) is 2.39. The van der Waals surface area contributed by atoms with Gasteiger partial charge in [0.2, 0.25) is 0 Å². The summed E-state index contributed by atoms with van der Waals surface area (Å²) < 4.78 is 49.5. The van der Waals surface area contributed by atoms with E-state index in [0.29, 0.717) is 0 Å². The Labute approximate surface area is 96.8 Å². The maximum Gasteiger partial charge on any atom is 0.321 e. The van der Waals surface area contributed by atoms with Gasteiger partial charge in [-0.05, 0) is 19.1 Å². The van der Waals surface area contributed by atoms with Crippen molar-refractivity contribution in [3.8, 4) is 0 Å². The van der Waals surface area contributed by atoms with Crippen molar-refractivity contribution in [1.29, 1.82) is 0 Å². The van der Waals surface area contributed by atoms with Crippen molar-refractivity contribution in [1.82, 2.24) is 0 Å². The van der Waals surface area contributed by atoms with E-state index in [1.165, 1.54) is 0 Å². The van der Waals surface area contributed by atoms with Crippen LogP contribution in [-0.4, -0.2) is 24.7 Å². The molecule has 1 unspecified atom stereocenters. The molecule has 0 aromatic heterocycles. The summed E-state index contributed by atoms with van der Waals surface area (Å²) >= 11 is 0. The van der Waals surface area contributed by atoms with Gasteiger partial charge in [-0.1, -0.05) is 6.07 Å². The normalized spacial score (nSPS) is 13.4. The molecule has 0 fully saturated rings. The highest BCUT2D eigenvalue weighted by molar-refractivity contribution is 7.91. The van der Waals surface area contributed by atoms with Crippen LogP contribution in [0.5, 0.6) is 0 Å². The van der Waals surface area contributed by atoms with Crippen molar-refractivity contribution in [2.75, 3.05) is 0 Å². The van der Waals surface area contributed by atoms with E-state index >= 15 is 0 Å². The maximum absolute atomic E-state index is 13.2. The number of rotatable bonds is 4. The highest BCUT2D eigenvalue weighted by atomic mass is 32.2. The molecule has 0 radical (unpaired) electrons. The van der Waals surface area contributed by atoms with E-state index in [0.717, 1.165) is 25.1 Å². The average molecular weight is 264 g/mol. The van der Waals surface area contributed by atoms with E-state index in [-0.39, 0.29) is 0 Å². The topological polar surface area (TPSA) is 71.4 Å². The molecule has 0 aliphatic rings. The third kappa shape index (κ3) is 3.00. The molecule has 17 heavy (non-hydrogen) atoms. The summed E-state index contributed by atoms with van der Waals surface area (Å²) in [5.74, 6) is -4.54. The van der Waals surface area contributed by atoms with Gasteiger partial charge in [-0.2, -0.15) is 0 Å². The molecule has 94 valence electrons. The van der Waals surface area contributed by atoms with Gasteiger partial charge in [0.25, 0.3) is 0 Å². The molecule has 7 heteroatoms. The second-order valence-corrected chi connectivity index (χ2v) is 5.81. The lowest BCUT2D eigenvalue weighted by Gasteiger charge is -2.09. The molecule has 4 nitrogen and oxygen atoms in total. The molecule has 1 rings (SSSR count). The molecule has 1 aromatic rings. The molecule has 0 saturated carbocycles. The number of carboxylic acids is 1. The summed E-state index contributed by atoms with van der Waals surface area (Å²) in [7, 11) is -4.14. The van der Waals surface area contributed by atoms with Crippen LogP contribution in [0, 0.1) is 11.6 Å². The molecular weight excluding hydrogens is 254 g/mol. The van der Waals surface area contributed by atoms with Crippen LogP contribution < -0.4 is 0 Å². The molecule has 0 saturated heterocycles. The van der Waals surface area contributed by atoms with Gasteiger partial charge in [0, 0.05) is 5.56 Å². The van der Waals surface area contributed by atoms with Gasteiger partial charge < -0.3 is 5.11 Å². The summed E-state index contributed by atoms with van der Waals surface area (Å²) in [5, 5.41) is 6.86. The third-order valence-electron chi connectivity index (χ3n) is 2.29. The van der Waals surface area contributed by atoms with Crippen molar-refractivity contribution in [2.45, 2.75) is 17.9 Å². The summed E-state index contributed by atoms with van der Waals surface area (Å²) in [6, 6.07) is 2.93. The highest BCUT2D eigenvalue weighted by Crippen LogP contribution is 2.18. The molecule has 0 bridgehead atoms. The molecule has 0 spiro atoms. The smallest absolute Gasteiger partial charge is 0.321 e. The molecule has 0 amide bonds. The Kier molecular flexibility index (Phi) is 3.82. The SMILES string of the molecule is CC(C(=O)O)S(=O)(=O)Cc1c(F)cccc1F. The Bertz CT molecular complexity index is 519. The van der Waals surface area contributed by atoms with E-state index < -0.39 is 44.0 Å². The largest absolute Gasteiger partial charge is 0.480 e. The summed E-state index contributed by atoms with van der Waals surface area (Å²) in [4.78, 5) is 10.5. The molecule has 0 heterocycles. The fraction of sp³-hybridized carbons (Fsp3) is 0.300. The second kappa shape index (κ2) is 4.79. The Hall–Kier alpha value is -1.50. The minimum Gasteiger partial charge on any atom is -0.480 e. The number of hydrogen-bond donors (Lipinski definition) is 1. The summed E-state index contributed by atoms with van der Waals surface area (Å²) in [6.45, 7) is 0.955. The lowest BCUT2D eigenvalue weighted by atomic mass is 10.2. The molecule has 0 aliphatic carbocycles. The van der Waals surface area contributed by atoms with Crippen molar-refractivity contribution < 1.29 is 27.1 Å². The quantitative estimate of drug-likeness (QED) is 0.891. The second-order valence-electron chi connectivity index (χ2n) is 3.49. The molecule has 1 aromatic carbocycles. The molecule has 1 atom stereocenters. The number of carboxylic acid groups (broad SMARTS) is 1. The van der Waals surface area contributed by atoms with Gasteiger partial charge >= 0.3 is 5.97 Å². The van der Waals surface area contributed by atoms with Crippen molar-refractivity contribution in [3.05, 3.63) is 35.4 Å². The Morgan fingerprint density at radius 3 is 2.24 bits per heavy atom. The van der Waals surface area contributed by atoms with Gasteiger partial charge in [-0.25, -0.2) is 17.2 Å². The van der Waals surface area contributed by atoms with Crippen molar-refractivity contribution in [3.63, 3.8) is 0 Å². The molecule has 0 aliphatic heterocycles. The zero-order valence-corrected chi connectivity index (χ0v) is 9.67. The third-order valence-corrected chi connectivity index (χ3v) is 4.26. The highest BCUT2D eigenvalue weighted by Gasteiger charge is 2.29. The number of benzene rings is 1. The van der Waals surface area contributed by atoms with Crippen LogP contribution in [0.1, 0.15) is 12.5 Å². The molecule has 1 N–H and O–H groups in total. The average Bonchev–Trinajstić information content (AvgIpc) is 2.22. The van der Waals surface area contributed by atoms with Crippen molar-refractivity contribution >= 4 is 15.8 Å². The van der Waals surface area contributed by atoms with Crippen molar-refractivity contribution in [2.24, 2.45) is 0 Å². The first-order valence-corrected chi connectivity index (χ1v) is 6.34. The number of aliphatic carboxylic acids is 1. The van der Waals surface area contributed by atoms with Gasteiger partial charge in [-0.15, -0.1) is 0 Å². The van der Waals surface area contributed by atoms with E-state index in [1.807, 2.05) is 0 Å². The predicted octanol–water partition coefficient (Wildman–Crippen LogP) is 1.35. The zero-order chi connectivity index (χ0) is 13.2. The van der Waals surface area contributed by atoms with Crippen LogP contribution in [0.4, 0.5) is 8.78 Å². The minimum absolute atomic E-state index is 0.638. The van der Waals surface area contributed by atoms with E-state index in [1.54, 1.807) is 0 Å². The number of sulfone groups is 1. The first-order chi connectivity index (χ1) is 7.75. The van der Waals surface area contributed by atoms with E-state index in [2.05, 4.69) is 0 Å². The number of hydrogen-bond acceptors (Lipinski definition) is 3. The lowest BCUT2D eigenvalue weighted by Crippen LogP contribution is -2.28. The van der Waals surface area contributed by atoms with Gasteiger partial charge in [-0.3, -0.25) is 4.79 Å². The summed E-state index contributed by atoms with van der Waals surface area (Å²) in [6.07, 6.45) is 0. The standard InChI is InChI=1S/C10H10F2O4S/c1-6(10(13)14)17(15,16)5-7-8(11)3-2-4-9(7)12/h2-4,6H,5H2,1H3,(H,13,14). The Morgan fingerprint density at radius 2 is 1.82 bits per heavy atom. The predicted molar refractivity (Wildman–Crippen MR) is 56.1 cm³/mol. The van der Waals surface area contributed by atoms with Crippen LogP contribution in [0.3, 0.4) is 0 Å². The number of carbonyl (C=O) groups is 1. The van der Waals surface area contributed by atoms with Crippen LogP contribution in [0.2, 0.25) is 0 Å². The molecular formula is C10H10F2O4S. The first-order valence-electron chi connectivity index (χ1n) is 4.63. The van der Waals surface area contributed by atoms with Gasteiger partial charge in [0.05, 0.1) is 5.75 Å². The van der Waals surface area contributed by atoms with Gasteiger partial charge in [0.1, 0.15) is 11.6 Å². The van der Waals surface area contributed by atoms with E-state index in [4.69, 9.17) is 5.11 Å². The van der Waals surface area contributed by atoms with Gasteiger partial charge in [0.15, 0.2) is 15.1 Å². The minimum atomic E-state index is -4.14. The van der Waals surface area contributed by atoms with Crippen LogP contribution >= 0.6 is 0 Å². The van der Waals surface area contributed by atoms with Crippen LogP contribution in [0.25, 0.3) is 0 Å². The summed E-state index contributed by atoms with van der Waals surface area (Å²) in [5.41, 5.74) is -0.638. The zero-order valence-electron chi connectivity index (χ0n) is 8.85. The first kappa shape index (κ1) is 13.6. The monoisotopic (exact) mass is 264 g/mol. The number of halogens is 2. The maximum atomic E-state index is 13.2. The van der Waals surface area contributed by atoms with E-state index in [9.17, 15) is 22.0 Å².